The average molecular weight is 425 g/mol. The van der Waals surface area contributed by atoms with E-state index >= 15 is 0 Å². The van der Waals surface area contributed by atoms with Gasteiger partial charge in [0.25, 0.3) is 5.91 Å². The highest BCUT2D eigenvalue weighted by molar-refractivity contribution is 7.92. The topological polar surface area (TPSA) is 165 Å². The van der Waals surface area contributed by atoms with Crippen LogP contribution in [0.25, 0.3) is 0 Å². The quantitative estimate of drug-likeness (QED) is 0.129. The van der Waals surface area contributed by atoms with E-state index in [9.17, 15) is 22.8 Å². The van der Waals surface area contributed by atoms with E-state index in [0.717, 1.165) is 0 Å². The maximum atomic E-state index is 12.8. The van der Waals surface area contributed by atoms with Crippen molar-refractivity contribution in [3.63, 3.8) is 0 Å². The van der Waals surface area contributed by atoms with E-state index in [-0.39, 0.29) is 30.9 Å². The highest BCUT2D eigenvalue weighted by Crippen LogP contribution is 2.23. The molecule has 0 bridgehead atoms. The van der Waals surface area contributed by atoms with Gasteiger partial charge in [-0.25, -0.2) is 13.9 Å². The molecule has 0 radical (unpaired) electrons. The van der Waals surface area contributed by atoms with Crippen LogP contribution in [0, 0.1) is 11.8 Å². The fourth-order valence-corrected chi connectivity index (χ4v) is 3.98. The highest BCUT2D eigenvalue weighted by Gasteiger charge is 2.33. The van der Waals surface area contributed by atoms with Gasteiger partial charge in [0.1, 0.15) is 17.6 Å². The van der Waals surface area contributed by atoms with Crippen molar-refractivity contribution in [2.45, 2.75) is 36.3 Å². The maximum Gasteiger partial charge on any atom is 0.309 e. The first-order valence-electron chi connectivity index (χ1n) is 8.62. The Morgan fingerprint density at radius 2 is 1.86 bits per heavy atom. The number of nitrogens with one attached hydrogen (secondary N) is 2. The Kier molecular flexibility index (Phi) is 9.64. The van der Waals surface area contributed by atoms with Crippen LogP contribution in [0.4, 0.5) is 0 Å². The minimum atomic E-state index is -4.09. The number of ether oxygens (including phenoxy) is 1. The number of amides is 3. The Balaban J connectivity index is 2.79. The van der Waals surface area contributed by atoms with Crippen LogP contribution in [0.15, 0.2) is 29.2 Å². The first kappa shape index (κ1) is 23.9. The van der Waals surface area contributed by atoms with Crippen LogP contribution in [-0.4, -0.2) is 49.7 Å². The second-order valence-corrected chi connectivity index (χ2v) is 7.94. The zero-order chi connectivity index (χ0) is 21.9. The third kappa shape index (κ3) is 7.44. The molecule has 0 aliphatic rings. The van der Waals surface area contributed by atoms with Gasteiger partial charge in [0.15, 0.2) is 9.84 Å². The normalized spacial score (nSPS) is 11.5. The predicted octanol–water partition coefficient (Wildman–Crippen LogP) is -0.492. The molecule has 0 saturated carbocycles. The van der Waals surface area contributed by atoms with E-state index in [1.807, 2.05) is 0 Å². The lowest BCUT2D eigenvalue weighted by Gasteiger charge is -2.16. The van der Waals surface area contributed by atoms with E-state index in [1.54, 1.807) is 6.92 Å². The highest BCUT2D eigenvalue weighted by atomic mass is 32.2. The van der Waals surface area contributed by atoms with Gasteiger partial charge in [-0.3, -0.25) is 19.6 Å². The molecule has 3 amide bonds. The molecule has 0 heterocycles. The van der Waals surface area contributed by atoms with Crippen molar-refractivity contribution in [2.24, 2.45) is 5.73 Å². The molecular formula is C18H23N3O7S. The molecule has 0 spiro atoms. The second kappa shape index (κ2) is 11.7. The fraction of sp³-hybridized carbons (Fsp3) is 0.389. The Hall–Kier alpha value is -3.10. The standard InChI is InChI=1S/C18H23N3O7S/c1-2-3-12-28-13-7-9-14(10-8-13)29(26,27)15(17(23)21-25)6-4-5-11-20-18(24)16(19)22/h7-10,15,25H,4-6,11-12H2,1H3,(H2,19,22)(H,20,24)(H,21,23). The van der Waals surface area contributed by atoms with Crippen LogP contribution >= 0.6 is 0 Å². The van der Waals surface area contributed by atoms with Gasteiger partial charge in [-0.1, -0.05) is 5.92 Å². The van der Waals surface area contributed by atoms with Gasteiger partial charge in [0.2, 0.25) is 0 Å². The van der Waals surface area contributed by atoms with Crippen LogP contribution in [0.1, 0.15) is 26.2 Å². The van der Waals surface area contributed by atoms with Gasteiger partial charge in [0.05, 0.1) is 4.90 Å². The Morgan fingerprint density at radius 1 is 1.21 bits per heavy atom. The molecule has 0 aliphatic heterocycles. The zero-order valence-corrected chi connectivity index (χ0v) is 16.6. The monoisotopic (exact) mass is 425 g/mol. The number of hydroxylamine groups is 1. The van der Waals surface area contributed by atoms with Gasteiger partial charge >= 0.3 is 11.8 Å². The van der Waals surface area contributed by atoms with Crippen LogP contribution in [0.5, 0.6) is 5.75 Å². The molecule has 158 valence electrons. The molecule has 29 heavy (non-hydrogen) atoms. The summed E-state index contributed by atoms with van der Waals surface area (Å²) in [6.45, 7) is 1.91. The number of hydrogen-bond donors (Lipinski definition) is 4. The van der Waals surface area contributed by atoms with Gasteiger partial charge < -0.3 is 15.8 Å². The van der Waals surface area contributed by atoms with Crippen molar-refractivity contribution in [2.75, 3.05) is 13.2 Å². The van der Waals surface area contributed by atoms with Crippen LogP contribution in [-0.2, 0) is 24.2 Å². The molecule has 1 rings (SSSR count). The minimum Gasteiger partial charge on any atom is -0.481 e. The lowest BCUT2D eigenvalue weighted by molar-refractivity contribution is -0.137. The van der Waals surface area contributed by atoms with E-state index in [1.165, 1.54) is 29.7 Å². The van der Waals surface area contributed by atoms with Gasteiger partial charge in [-0.05, 0) is 50.5 Å². The summed E-state index contributed by atoms with van der Waals surface area (Å²) in [4.78, 5) is 33.5. The van der Waals surface area contributed by atoms with E-state index in [4.69, 9.17) is 15.7 Å². The van der Waals surface area contributed by atoms with Crippen molar-refractivity contribution in [3.05, 3.63) is 24.3 Å². The van der Waals surface area contributed by atoms with Crippen molar-refractivity contribution in [1.29, 1.82) is 0 Å². The summed E-state index contributed by atoms with van der Waals surface area (Å²) in [5.74, 6) is 2.64. The van der Waals surface area contributed by atoms with E-state index < -0.39 is 32.8 Å². The first-order chi connectivity index (χ1) is 13.7. The van der Waals surface area contributed by atoms with Crippen molar-refractivity contribution in [3.8, 4) is 17.6 Å². The van der Waals surface area contributed by atoms with Gasteiger partial charge in [-0.15, -0.1) is 5.92 Å². The molecule has 1 atom stereocenters. The summed E-state index contributed by atoms with van der Waals surface area (Å²) < 4.78 is 30.9. The number of nitrogens with two attached hydrogens (primary N) is 1. The summed E-state index contributed by atoms with van der Waals surface area (Å²) in [7, 11) is -4.09. The molecule has 0 saturated heterocycles. The minimum absolute atomic E-state index is 0.0853. The molecule has 0 aromatic heterocycles. The lowest BCUT2D eigenvalue weighted by atomic mass is 10.2. The largest absolute Gasteiger partial charge is 0.481 e. The molecular weight excluding hydrogens is 402 g/mol. The summed E-state index contributed by atoms with van der Waals surface area (Å²) in [6, 6.07) is 5.48. The van der Waals surface area contributed by atoms with Crippen molar-refractivity contribution >= 4 is 27.6 Å². The molecule has 0 fully saturated rings. The maximum absolute atomic E-state index is 12.8. The lowest BCUT2D eigenvalue weighted by Crippen LogP contribution is -2.39. The number of carbonyl (C=O) groups is 3. The second-order valence-electron chi connectivity index (χ2n) is 5.81. The Labute approximate surface area is 168 Å². The summed E-state index contributed by atoms with van der Waals surface area (Å²) in [5, 5.41) is 9.64. The van der Waals surface area contributed by atoms with E-state index in [2.05, 4.69) is 17.2 Å². The van der Waals surface area contributed by atoms with Gasteiger partial charge in [-0.2, -0.15) is 0 Å². The molecule has 11 heteroatoms. The Morgan fingerprint density at radius 3 is 2.41 bits per heavy atom. The van der Waals surface area contributed by atoms with Crippen molar-refractivity contribution < 1.29 is 32.7 Å². The molecule has 10 nitrogen and oxygen atoms in total. The third-order valence-electron chi connectivity index (χ3n) is 3.82. The van der Waals surface area contributed by atoms with Gasteiger partial charge in [0, 0.05) is 6.54 Å². The number of primary amides is 1. The zero-order valence-electron chi connectivity index (χ0n) is 15.8. The third-order valence-corrected chi connectivity index (χ3v) is 5.95. The number of rotatable bonds is 10. The molecule has 1 aromatic carbocycles. The van der Waals surface area contributed by atoms with Crippen LogP contribution in [0.2, 0.25) is 0 Å². The summed E-state index contributed by atoms with van der Waals surface area (Å²) >= 11 is 0. The number of sulfone groups is 1. The SMILES string of the molecule is CC#CCOc1ccc(S(=O)(=O)C(CCCCNC(=O)C(N)=O)C(=O)NO)cc1. The van der Waals surface area contributed by atoms with E-state index in [0.29, 0.717) is 12.2 Å². The Bertz CT molecular complexity index is 886. The molecule has 0 aliphatic carbocycles. The predicted molar refractivity (Wildman–Crippen MR) is 102 cm³/mol. The summed E-state index contributed by atoms with van der Waals surface area (Å²) in [5.41, 5.74) is 6.17. The molecule has 5 N–H and O–H groups in total. The van der Waals surface area contributed by atoms with Crippen molar-refractivity contribution in [1.82, 2.24) is 10.8 Å². The summed E-state index contributed by atoms with van der Waals surface area (Å²) in [6.07, 6.45) is 0.424. The van der Waals surface area contributed by atoms with Crippen LogP contribution < -0.4 is 21.3 Å². The molecule has 1 unspecified atom stereocenters. The smallest absolute Gasteiger partial charge is 0.309 e. The number of carbonyl (C=O) groups excluding carboxylic acids is 3. The first-order valence-corrected chi connectivity index (χ1v) is 10.2. The number of benzene rings is 1. The fourth-order valence-electron chi connectivity index (χ4n) is 2.32. The molecule has 1 aromatic rings. The number of unbranched alkanes of at least 4 members (excludes halogenated alkanes) is 1. The van der Waals surface area contributed by atoms with Crippen LogP contribution in [0.3, 0.4) is 0 Å². The number of hydrogen-bond acceptors (Lipinski definition) is 7. The average Bonchev–Trinajstić information content (AvgIpc) is 2.70.